The van der Waals surface area contributed by atoms with Crippen LogP contribution in [0.1, 0.15) is 15.9 Å². The Kier molecular flexibility index (Phi) is 6.21. The van der Waals surface area contributed by atoms with E-state index in [0.717, 1.165) is 9.13 Å². The predicted octanol–water partition coefficient (Wildman–Crippen LogP) is 3.42. The van der Waals surface area contributed by atoms with Crippen molar-refractivity contribution in [3.8, 4) is 0 Å². The molecule has 4 nitrogen and oxygen atoms in total. The number of benzene rings is 2. The lowest BCUT2D eigenvalue weighted by Crippen LogP contribution is -2.28. The van der Waals surface area contributed by atoms with E-state index in [9.17, 15) is 9.59 Å². The molecule has 22 heavy (non-hydrogen) atoms. The highest BCUT2D eigenvalue weighted by atomic mass is 127. The average molecular weight is 430 g/mol. The molecule has 0 aliphatic rings. The smallest absolute Gasteiger partial charge is 0.339 e. The third-order valence-electron chi connectivity index (χ3n) is 2.86. The summed E-state index contributed by atoms with van der Waals surface area (Å²) in [5, 5.41) is 3.24. The lowest BCUT2D eigenvalue weighted by molar-refractivity contribution is -0.124. The molecule has 1 N–H and O–H groups in total. The molecule has 0 aliphatic carbocycles. The van der Waals surface area contributed by atoms with Gasteiger partial charge in [-0.3, -0.25) is 4.79 Å². The fourth-order valence-electron chi connectivity index (χ4n) is 1.72. The number of hydrogen-bond donors (Lipinski definition) is 1. The fraction of sp³-hybridized carbons (Fsp3) is 0.125. The summed E-state index contributed by atoms with van der Waals surface area (Å²) >= 11 is 8.04. The number of amides is 1. The number of hydrogen-bond acceptors (Lipinski definition) is 3. The molecule has 0 bridgehead atoms. The summed E-state index contributed by atoms with van der Waals surface area (Å²) in [5.74, 6) is -0.892. The molecule has 0 spiro atoms. The highest BCUT2D eigenvalue weighted by Crippen LogP contribution is 2.14. The van der Waals surface area contributed by atoms with Crippen molar-refractivity contribution in [1.29, 1.82) is 0 Å². The van der Waals surface area contributed by atoms with Crippen molar-refractivity contribution in [2.45, 2.75) is 6.54 Å². The normalized spacial score (nSPS) is 10.1. The molecule has 1 amide bonds. The van der Waals surface area contributed by atoms with Gasteiger partial charge in [0, 0.05) is 15.1 Å². The number of carbonyl (C=O) groups excluding carboxylic acids is 2. The van der Waals surface area contributed by atoms with Gasteiger partial charge in [0.1, 0.15) is 0 Å². The van der Waals surface area contributed by atoms with Crippen molar-refractivity contribution in [1.82, 2.24) is 5.32 Å². The van der Waals surface area contributed by atoms with Gasteiger partial charge in [-0.25, -0.2) is 4.79 Å². The van der Waals surface area contributed by atoms with Crippen LogP contribution in [0.25, 0.3) is 0 Å². The Morgan fingerprint density at radius 2 is 1.77 bits per heavy atom. The Hall–Kier alpha value is -1.60. The van der Waals surface area contributed by atoms with Gasteiger partial charge in [-0.15, -0.1) is 0 Å². The van der Waals surface area contributed by atoms with Crippen LogP contribution in [0.15, 0.2) is 48.5 Å². The molecule has 0 unspecified atom stereocenters. The molecule has 0 fully saturated rings. The quantitative estimate of drug-likeness (QED) is 0.585. The highest BCUT2D eigenvalue weighted by Gasteiger charge is 2.12. The predicted molar refractivity (Wildman–Crippen MR) is 92.7 cm³/mol. The first kappa shape index (κ1) is 16.8. The number of esters is 1. The van der Waals surface area contributed by atoms with E-state index in [-0.39, 0.29) is 12.5 Å². The standard InChI is InChI=1S/C16H13ClINO3/c17-13-7-3-1-5-11(13)9-19-15(20)10-22-16(21)12-6-2-4-8-14(12)18/h1-8H,9-10H2,(H,19,20). The van der Waals surface area contributed by atoms with Crippen molar-refractivity contribution in [2.24, 2.45) is 0 Å². The van der Waals surface area contributed by atoms with E-state index in [2.05, 4.69) is 5.32 Å². The second-order valence-corrected chi connectivity index (χ2v) is 5.99. The first-order valence-electron chi connectivity index (χ1n) is 6.49. The summed E-state index contributed by atoms with van der Waals surface area (Å²) in [5.41, 5.74) is 1.25. The summed E-state index contributed by atoms with van der Waals surface area (Å²) in [6.45, 7) is -0.0345. The van der Waals surface area contributed by atoms with E-state index in [1.54, 1.807) is 24.3 Å². The van der Waals surface area contributed by atoms with Crippen molar-refractivity contribution in [3.05, 3.63) is 68.3 Å². The van der Waals surface area contributed by atoms with Crippen LogP contribution in [0.5, 0.6) is 0 Å². The van der Waals surface area contributed by atoms with Crippen LogP contribution in [-0.4, -0.2) is 18.5 Å². The number of rotatable bonds is 5. The summed E-state index contributed by atoms with van der Waals surface area (Å²) in [6.07, 6.45) is 0. The molecule has 2 rings (SSSR count). The molecular weight excluding hydrogens is 417 g/mol. The first-order valence-corrected chi connectivity index (χ1v) is 7.95. The minimum absolute atomic E-state index is 0.291. The maximum atomic E-state index is 11.9. The highest BCUT2D eigenvalue weighted by molar-refractivity contribution is 14.1. The number of ether oxygens (including phenoxy) is 1. The Morgan fingerprint density at radius 3 is 2.50 bits per heavy atom. The topological polar surface area (TPSA) is 55.4 Å². The van der Waals surface area contributed by atoms with Gasteiger partial charge in [0.25, 0.3) is 5.91 Å². The molecule has 0 radical (unpaired) electrons. The van der Waals surface area contributed by atoms with Crippen LogP contribution in [0, 0.1) is 3.57 Å². The van der Waals surface area contributed by atoms with E-state index in [0.29, 0.717) is 17.1 Å². The molecular formula is C16H13ClINO3. The summed E-state index contributed by atoms with van der Waals surface area (Å²) < 4.78 is 5.78. The minimum Gasteiger partial charge on any atom is -0.452 e. The number of halogens is 2. The molecule has 2 aromatic rings. The summed E-state index contributed by atoms with van der Waals surface area (Å²) in [4.78, 5) is 23.6. The Bertz CT molecular complexity index is 691. The van der Waals surface area contributed by atoms with Crippen LogP contribution < -0.4 is 5.32 Å². The molecule has 0 aromatic heterocycles. The molecule has 114 valence electrons. The molecule has 0 heterocycles. The fourth-order valence-corrected chi connectivity index (χ4v) is 2.53. The lowest BCUT2D eigenvalue weighted by Gasteiger charge is -2.08. The Balaban J connectivity index is 1.82. The summed E-state index contributed by atoms with van der Waals surface area (Å²) in [7, 11) is 0. The van der Waals surface area contributed by atoms with Crippen molar-refractivity contribution >= 4 is 46.1 Å². The zero-order chi connectivity index (χ0) is 15.9. The maximum Gasteiger partial charge on any atom is 0.339 e. The Morgan fingerprint density at radius 1 is 1.09 bits per heavy atom. The SMILES string of the molecule is O=C(COC(=O)c1ccccc1I)NCc1ccccc1Cl. The van der Waals surface area contributed by atoms with Crippen LogP contribution in [-0.2, 0) is 16.1 Å². The second kappa shape index (κ2) is 8.14. The van der Waals surface area contributed by atoms with E-state index in [1.165, 1.54) is 0 Å². The van der Waals surface area contributed by atoms with Crippen LogP contribution in [0.2, 0.25) is 5.02 Å². The average Bonchev–Trinajstić information content (AvgIpc) is 2.52. The number of nitrogens with one attached hydrogen (secondary N) is 1. The first-order chi connectivity index (χ1) is 10.6. The van der Waals surface area contributed by atoms with Crippen LogP contribution in [0.4, 0.5) is 0 Å². The minimum atomic E-state index is -0.516. The van der Waals surface area contributed by atoms with Gasteiger partial charge in [-0.05, 0) is 46.4 Å². The molecule has 0 saturated carbocycles. The third kappa shape index (κ3) is 4.71. The van der Waals surface area contributed by atoms with E-state index in [4.69, 9.17) is 16.3 Å². The third-order valence-corrected chi connectivity index (χ3v) is 4.17. The Labute approximate surface area is 146 Å². The van der Waals surface area contributed by atoms with Gasteiger partial charge in [0.15, 0.2) is 6.61 Å². The van der Waals surface area contributed by atoms with Gasteiger partial charge < -0.3 is 10.1 Å². The van der Waals surface area contributed by atoms with Crippen molar-refractivity contribution in [3.63, 3.8) is 0 Å². The molecule has 0 saturated heterocycles. The van der Waals surface area contributed by atoms with Gasteiger partial charge in [-0.1, -0.05) is 41.9 Å². The van der Waals surface area contributed by atoms with Crippen LogP contribution >= 0.6 is 34.2 Å². The zero-order valence-electron chi connectivity index (χ0n) is 11.5. The van der Waals surface area contributed by atoms with Gasteiger partial charge >= 0.3 is 5.97 Å². The largest absolute Gasteiger partial charge is 0.452 e. The monoisotopic (exact) mass is 429 g/mol. The molecule has 0 atom stereocenters. The number of carbonyl (C=O) groups is 2. The van der Waals surface area contributed by atoms with Crippen LogP contribution in [0.3, 0.4) is 0 Å². The lowest BCUT2D eigenvalue weighted by atomic mass is 10.2. The van der Waals surface area contributed by atoms with Gasteiger partial charge in [0.2, 0.25) is 0 Å². The van der Waals surface area contributed by atoms with E-state index < -0.39 is 5.97 Å². The molecule has 0 aliphatic heterocycles. The maximum absolute atomic E-state index is 11.9. The van der Waals surface area contributed by atoms with Gasteiger partial charge in [0.05, 0.1) is 5.56 Å². The zero-order valence-corrected chi connectivity index (χ0v) is 14.4. The van der Waals surface area contributed by atoms with Crippen molar-refractivity contribution < 1.29 is 14.3 Å². The van der Waals surface area contributed by atoms with Gasteiger partial charge in [-0.2, -0.15) is 0 Å². The molecule has 2 aromatic carbocycles. The van der Waals surface area contributed by atoms with E-state index >= 15 is 0 Å². The van der Waals surface area contributed by atoms with E-state index in [1.807, 2.05) is 46.9 Å². The summed E-state index contributed by atoms with van der Waals surface area (Å²) in [6, 6.07) is 14.3. The van der Waals surface area contributed by atoms with Crippen molar-refractivity contribution in [2.75, 3.05) is 6.61 Å². The second-order valence-electron chi connectivity index (χ2n) is 4.42. The molecule has 6 heteroatoms.